The van der Waals surface area contributed by atoms with Crippen LogP contribution in [0.25, 0.3) is 0 Å². The molecule has 0 aromatic heterocycles. The summed E-state index contributed by atoms with van der Waals surface area (Å²) in [5.41, 5.74) is 2.64. The number of likely N-dealkylation sites (tertiary alicyclic amines) is 2. The van der Waals surface area contributed by atoms with Crippen molar-refractivity contribution in [2.75, 3.05) is 70.5 Å². The Kier molecular flexibility index (Phi) is 11.6. The van der Waals surface area contributed by atoms with Crippen molar-refractivity contribution in [3.8, 4) is 5.75 Å². The van der Waals surface area contributed by atoms with Crippen LogP contribution in [0.15, 0.2) is 45.3 Å². The van der Waals surface area contributed by atoms with Gasteiger partial charge in [0.05, 0.1) is 15.2 Å². The number of benzene rings is 2. The van der Waals surface area contributed by atoms with Crippen molar-refractivity contribution in [2.24, 2.45) is 0 Å². The van der Waals surface area contributed by atoms with Gasteiger partial charge in [-0.25, -0.2) is 18.0 Å². The monoisotopic (exact) mass is 838 g/mol. The maximum atomic E-state index is 14.0. The number of piperazine rings is 1. The van der Waals surface area contributed by atoms with Gasteiger partial charge in [-0.05, 0) is 93.3 Å². The molecule has 3 saturated heterocycles. The number of rotatable bonds is 7. The Hall–Kier alpha value is -2.92. The summed E-state index contributed by atoms with van der Waals surface area (Å²) in [5, 5.41) is 13.3. The zero-order chi connectivity index (χ0) is 35.6. The number of carbonyl (C=O) groups is 3. The Morgan fingerprint density at radius 3 is 2.14 bits per heavy atom. The van der Waals surface area contributed by atoms with Gasteiger partial charge in [0.15, 0.2) is 6.10 Å². The quantitative estimate of drug-likeness (QED) is 0.425. The van der Waals surface area contributed by atoms with E-state index in [0.29, 0.717) is 86.3 Å². The number of hydrogen-bond acceptors (Lipinski definition) is 8. The summed E-state index contributed by atoms with van der Waals surface area (Å²) in [6.45, 7) is 4.63. The number of phenolic OH excluding ortho intramolecular Hbond substituents is 1. The molecule has 4 amide bonds. The van der Waals surface area contributed by atoms with E-state index in [1.165, 1.54) is 10.6 Å². The zero-order valence-electron chi connectivity index (χ0n) is 28.1. The minimum Gasteiger partial charge on any atom is -0.506 e. The third-order valence-electron chi connectivity index (χ3n) is 10.4. The van der Waals surface area contributed by atoms with E-state index < -0.39 is 22.2 Å². The van der Waals surface area contributed by atoms with Gasteiger partial charge in [0.25, 0.3) is 5.91 Å². The van der Waals surface area contributed by atoms with E-state index >= 15 is 0 Å². The lowest BCUT2D eigenvalue weighted by Crippen LogP contribution is -2.55. The highest BCUT2D eigenvalue weighted by molar-refractivity contribution is 9.11. The number of ether oxygens (including phenoxy) is 1. The number of fused-ring (bicyclic) bond motifs is 1. The minimum absolute atomic E-state index is 0.0202. The van der Waals surface area contributed by atoms with E-state index in [2.05, 4.69) is 42.1 Å². The summed E-state index contributed by atoms with van der Waals surface area (Å²) >= 11 is 6.73. The van der Waals surface area contributed by atoms with Crippen LogP contribution in [-0.2, 0) is 32.4 Å². The molecular weight excluding hydrogens is 796 g/mol. The largest absolute Gasteiger partial charge is 0.506 e. The minimum atomic E-state index is -3.21. The summed E-state index contributed by atoms with van der Waals surface area (Å²) in [5.74, 6) is -0.229. The summed E-state index contributed by atoms with van der Waals surface area (Å²) in [6.07, 6.45) is 3.15. The molecule has 2 N–H and O–H groups in total. The van der Waals surface area contributed by atoms with Crippen molar-refractivity contribution in [2.45, 2.75) is 56.7 Å². The van der Waals surface area contributed by atoms with Crippen LogP contribution in [0.2, 0.25) is 0 Å². The van der Waals surface area contributed by atoms with Gasteiger partial charge in [-0.1, -0.05) is 18.2 Å². The van der Waals surface area contributed by atoms with Gasteiger partial charge in [-0.2, -0.15) is 4.31 Å². The van der Waals surface area contributed by atoms with Crippen molar-refractivity contribution in [3.05, 3.63) is 56.5 Å². The molecule has 4 aliphatic rings. The Bertz CT molecular complexity index is 1670. The van der Waals surface area contributed by atoms with Crippen LogP contribution in [0.4, 0.5) is 15.3 Å². The van der Waals surface area contributed by atoms with Crippen LogP contribution in [0.1, 0.15) is 36.8 Å². The summed E-state index contributed by atoms with van der Waals surface area (Å²) in [6, 6.07) is 11.3. The van der Waals surface area contributed by atoms with Crippen molar-refractivity contribution in [3.63, 3.8) is 0 Å². The lowest BCUT2D eigenvalue weighted by atomic mass is 10.0. The molecule has 0 spiro atoms. The average molecular weight is 841 g/mol. The molecule has 1 atom stereocenters. The first-order chi connectivity index (χ1) is 23.9. The number of aromatic hydroxyl groups is 1. The summed E-state index contributed by atoms with van der Waals surface area (Å²) < 4.78 is 32.3. The predicted octanol–water partition coefficient (Wildman–Crippen LogP) is 4.09. The second-order valence-electron chi connectivity index (χ2n) is 13.5. The summed E-state index contributed by atoms with van der Waals surface area (Å²) in [7, 11) is -3.21. The van der Waals surface area contributed by atoms with E-state index in [0.717, 1.165) is 30.5 Å². The number of carbonyl (C=O) groups excluding carboxylic acids is 3. The van der Waals surface area contributed by atoms with Crippen LogP contribution in [-0.4, -0.2) is 139 Å². The van der Waals surface area contributed by atoms with Gasteiger partial charge in [0, 0.05) is 83.1 Å². The predicted molar refractivity (Wildman–Crippen MR) is 196 cm³/mol. The topological polar surface area (TPSA) is 143 Å². The number of nitrogens with zero attached hydrogens (tertiary/aromatic N) is 5. The van der Waals surface area contributed by atoms with Gasteiger partial charge < -0.3 is 29.9 Å². The SMILES string of the molecule is CS(=O)(=O)N1CCN(C2CCN(C(=O)C(Cc3cc(Br)c(O)c(Br)c3)OC(=O)N3CCC(N4CCc5ccccc5NC4=O)CC3)CC2)CC1. The molecule has 2 aromatic rings. The van der Waals surface area contributed by atoms with Crippen molar-refractivity contribution in [1.29, 1.82) is 0 Å². The van der Waals surface area contributed by atoms with Crippen LogP contribution >= 0.6 is 31.9 Å². The lowest BCUT2D eigenvalue weighted by molar-refractivity contribution is -0.142. The fraction of sp³-hybridized carbons (Fsp3) is 0.559. The Morgan fingerprint density at radius 1 is 0.900 bits per heavy atom. The molecular formula is C34H44Br2N6O7S. The Labute approximate surface area is 310 Å². The third-order valence-corrected chi connectivity index (χ3v) is 12.9. The standard InChI is InChI=1S/C34H44Br2N6O7S/c1-50(47,48)41-18-16-38(17-19-41)25-7-11-39(12-8-25)32(44)30(22-23-20-27(35)31(43)28(36)21-23)49-34(46)40-13-9-26(10-14-40)42-15-6-24-4-2-3-5-29(24)37-33(42)45/h2-5,20-21,25-26,30,43H,6-19,22H2,1H3,(H,37,45). The molecule has 3 fully saturated rings. The van der Waals surface area contributed by atoms with Crippen LogP contribution in [0.5, 0.6) is 5.75 Å². The Morgan fingerprint density at radius 2 is 1.50 bits per heavy atom. The average Bonchev–Trinajstić information content (AvgIpc) is 3.27. The van der Waals surface area contributed by atoms with E-state index in [1.807, 2.05) is 29.2 Å². The van der Waals surface area contributed by atoms with Crippen molar-refractivity contribution < 1.29 is 32.6 Å². The molecule has 6 rings (SSSR count). The second-order valence-corrected chi connectivity index (χ2v) is 17.2. The number of phenols is 1. The number of hydrogen-bond donors (Lipinski definition) is 2. The molecule has 272 valence electrons. The maximum absolute atomic E-state index is 14.0. The number of urea groups is 1. The van der Waals surface area contributed by atoms with E-state index in [1.54, 1.807) is 21.9 Å². The number of halogens is 2. The number of piperidine rings is 2. The fourth-order valence-electron chi connectivity index (χ4n) is 7.48. The molecule has 4 aliphatic heterocycles. The van der Waals surface area contributed by atoms with Crippen LogP contribution in [0.3, 0.4) is 0 Å². The van der Waals surface area contributed by atoms with E-state index in [-0.39, 0.29) is 36.2 Å². The molecule has 50 heavy (non-hydrogen) atoms. The molecule has 1 unspecified atom stereocenters. The maximum Gasteiger partial charge on any atom is 0.410 e. The van der Waals surface area contributed by atoms with Gasteiger partial charge in [-0.15, -0.1) is 0 Å². The molecule has 2 aromatic carbocycles. The lowest BCUT2D eigenvalue weighted by Gasteiger charge is -2.42. The second kappa shape index (κ2) is 15.8. The van der Waals surface area contributed by atoms with Crippen LogP contribution in [0, 0.1) is 0 Å². The fourth-order valence-corrected chi connectivity index (χ4v) is 9.59. The molecule has 0 radical (unpaired) electrons. The van der Waals surface area contributed by atoms with Gasteiger partial charge in [0.1, 0.15) is 5.75 Å². The first-order valence-corrected chi connectivity index (χ1v) is 20.6. The highest BCUT2D eigenvalue weighted by atomic mass is 79.9. The molecule has 0 saturated carbocycles. The van der Waals surface area contributed by atoms with Gasteiger partial charge in [-0.3, -0.25) is 9.69 Å². The summed E-state index contributed by atoms with van der Waals surface area (Å²) in [4.78, 5) is 48.3. The molecule has 16 heteroatoms. The van der Waals surface area contributed by atoms with Gasteiger partial charge >= 0.3 is 12.1 Å². The highest BCUT2D eigenvalue weighted by Gasteiger charge is 2.37. The van der Waals surface area contributed by atoms with Gasteiger partial charge in [0.2, 0.25) is 10.0 Å². The van der Waals surface area contributed by atoms with Crippen molar-refractivity contribution >= 4 is 65.6 Å². The first-order valence-electron chi connectivity index (χ1n) is 17.1. The number of para-hydroxylation sites is 1. The van der Waals surface area contributed by atoms with E-state index in [9.17, 15) is 27.9 Å². The zero-order valence-corrected chi connectivity index (χ0v) is 32.1. The molecule has 0 bridgehead atoms. The number of nitrogens with one attached hydrogen (secondary N) is 1. The number of anilines is 1. The molecule has 4 heterocycles. The highest BCUT2D eigenvalue weighted by Crippen LogP contribution is 2.34. The first kappa shape index (κ1) is 36.9. The smallest absolute Gasteiger partial charge is 0.410 e. The molecule has 13 nitrogen and oxygen atoms in total. The number of sulfonamides is 1. The third kappa shape index (κ3) is 8.57. The van der Waals surface area contributed by atoms with Crippen molar-refractivity contribution in [1.82, 2.24) is 23.9 Å². The normalized spacial score (nSPS) is 20.9. The molecule has 0 aliphatic carbocycles. The van der Waals surface area contributed by atoms with E-state index in [4.69, 9.17) is 4.74 Å². The Balaban J connectivity index is 1.07. The van der Waals surface area contributed by atoms with Crippen LogP contribution < -0.4 is 5.32 Å². The number of amides is 4.